The average molecular weight is 473 g/mol. The summed E-state index contributed by atoms with van der Waals surface area (Å²) in [7, 11) is 1.49. The van der Waals surface area contributed by atoms with Crippen LogP contribution in [-0.4, -0.2) is 27.4 Å². The Bertz CT molecular complexity index is 881. The maximum Gasteiger partial charge on any atom is 0.339 e. The first kappa shape index (κ1) is 21.2. The summed E-state index contributed by atoms with van der Waals surface area (Å²) in [6.45, 7) is 0. The summed E-state index contributed by atoms with van der Waals surface area (Å²) in [5, 5.41) is -2.74. The molecule has 3 fully saturated rings. The molecule has 11 heteroatoms. The van der Waals surface area contributed by atoms with E-state index in [0.717, 1.165) is 49.9 Å². The van der Waals surface area contributed by atoms with E-state index in [1.807, 2.05) is 6.20 Å². The normalized spacial score (nSPS) is 27.1. The molecule has 5 rings (SSSR count). The van der Waals surface area contributed by atoms with Crippen molar-refractivity contribution in [2.75, 3.05) is 7.11 Å². The summed E-state index contributed by atoms with van der Waals surface area (Å²) in [6, 6.07) is 0. The zero-order valence-corrected chi connectivity index (χ0v) is 18.4. The van der Waals surface area contributed by atoms with Gasteiger partial charge < -0.3 is 4.74 Å². The zero-order valence-electron chi connectivity index (χ0n) is 14.5. The van der Waals surface area contributed by atoms with Crippen LogP contribution in [0.5, 0.6) is 0 Å². The molecule has 148 valence electrons. The molecule has 2 bridgehead atoms. The van der Waals surface area contributed by atoms with Crippen LogP contribution in [0, 0.1) is 5.41 Å². The molecule has 27 heavy (non-hydrogen) atoms. The molecule has 3 aliphatic carbocycles. The van der Waals surface area contributed by atoms with E-state index in [4.69, 9.17) is 16.3 Å². The number of carbonyl (C=O) groups excluding carboxylic acids is 1. The van der Waals surface area contributed by atoms with Gasteiger partial charge in [0.2, 0.25) is 0 Å². The van der Waals surface area contributed by atoms with Gasteiger partial charge in [-0.25, -0.2) is 9.97 Å². The lowest BCUT2D eigenvalue weighted by molar-refractivity contribution is -0.160. The summed E-state index contributed by atoms with van der Waals surface area (Å²) in [4.78, 5) is 20.9. The summed E-state index contributed by atoms with van der Waals surface area (Å²) in [5.41, 5.74) is 0.638. The topological polar surface area (TPSA) is 73.6 Å². The molecule has 0 saturated heterocycles. The van der Waals surface area contributed by atoms with Crippen LogP contribution in [0.2, 0.25) is 5.15 Å². The lowest BCUT2D eigenvalue weighted by atomic mass is 9.53. The van der Waals surface area contributed by atoms with Crippen molar-refractivity contribution in [3.8, 4) is 0 Å². The smallest absolute Gasteiger partial charge is 0.339 e. The van der Waals surface area contributed by atoms with E-state index in [0.29, 0.717) is 5.15 Å². The number of hydrogen-bond acceptors (Lipinski definition) is 5. The second kappa shape index (κ2) is 7.72. The maximum absolute atomic E-state index is 12.1. The number of hydrogen-bond donors (Lipinski definition) is 0. The fraction of sp³-hybridized carbons (Fsp3) is 0.562. The Morgan fingerprint density at radius 2 is 1.70 bits per heavy atom. The van der Waals surface area contributed by atoms with E-state index >= 15 is 0 Å². The van der Waals surface area contributed by atoms with Gasteiger partial charge in [-0.1, -0.05) is 11.6 Å². The van der Waals surface area contributed by atoms with Gasteiger partial charge in [0, 0.05) is 17.8 Å². The minimum atomic E-state index is -3.22. The molecule has 6 nitrogen and oxygen atoms in total. The third kappa shape index (κ3) is 4.25. The van der Waals surface area contributed by atoms with Crippen molar-refractivity contribution >= 4 is 62.0 Å². The number of fused-ring (bicyclic) bond motifs is 4. The molecule has 0 N–H and O–H groups in total. The Labute approximate surface area is 176 Å². The largest absolute Gasteiger partial charge is 0.469 e. The molecular formula is C16H18Cl4N3O3P. The van der Waals surface area contributed by atoms with E-state index in [1.54, 1.807) is 12.4 Å². The summed E-state index contributed by atoms with van der Waals surface area (Å²) < 4.78 is 16.6. The maximum atomic E-state index is 12.1. The third-order valence-corrected chi connectivity index (χ3v) is 6.04. The number of imidazole rings is 1. The summed E-state index contributed by atoms with van der Waals surface area (Å²) in [5.74, 6) is 1.02. The van der Waals surface area contributed by atoms with E-state index in [2.05, 4.69) is 48.1 Å². The molecule has 3 aliphatic rings. The third-order valence-electron chi connectivity index (χ3n) is 5.75. The first-order valence-electron chi connectivity index (χ1n) is 8.36. The molecule has 2 heterocycles. The Morgan fingerprint density at radius 3 is 2.22 bits per heavy atom. The lowest BCUT2D eigenvalue weighted by Gasteiger charge is -2.51. The quantitative estimate of drug-likeness (QED) is 0.398. The molecule has 0 amide bonds. The van der Waals surface area contributed by atoms with Crippen LogP contribution in [0.15, 0.2) is 18.6 Å². The fourth-order valence-electron chi connectivity index (χ4n) is 4.33. The standard InChI is InChI=1S/C16H18ClN3O2.Cl3OP/c1-22-14(21)16-5-2-15(3-6-16,4-7-16)13-19-10-11-12(17)18-8-9-20(11)13;1-5(2,3)4/h8-10H,2-7H2,1H3;. The van der Waals surface area contributed by atoms with Crippen LogP contribution < -0.4 is 0 Å². The predicted molar refractivity (Wildman–Crippen MR) is 107 cm³/mol. The molecule has 3 saturated carbocycles. The highest BCUT2D eigenvalue weighted by Crippen LogP contribution is 2.61. The molecule has 0 spiro atoms. The van der Waals surface area contributed by atoms with Crippen LogP contribution in [-0.2, 0) is 19.5 Å². The highest BCUT2D eigenvalue weighted by Gasteiger charge is 2.55. The Hall–Kier alpha value is -0.520. The van der Waals surface area contributed by atoms with Gasteiger partial charge in [0.15, 0.2) is 5.15 Å². The Kier molecular flexibility index (Phi) is 6.06. The number of carbonyl (C=O) groups is 1. The molecular weight excluding hydrogens is 455 g/mol. The van der Waals surface area contributed by atoms with E-state index in [1.165, 1.54) is 7.11 Å². The van der Waals surface area contributed by atoms with Gasteiger partial charge in [-0.3, -0.25) is 13.8 Å². The summed E-state index contributed by atoms with van der Waals surface area (Å²) in [6.07, 6.45) is 11.0. The molecule has 2 aromatic rings. The van der Waals surface area contributed by atoms with Crippen LogP contribution in [0.25, 0.3) is 5.52 Å². The van der Waals surface area contributed by atoms with E-state index in [9.17, 15) is 9.36 Å². The second-order valence-electron chi connectivity index (χ2n) is 7.01. The van der Waals surface area contributed by atoms with Crippen LogP contribution >= 0.6 is 50.5 Å². The number of halogens is 4. The molecule has 0 unspecified atom stereocenters. The first-order chi connectivity index (χ1) is 12.6. The molecule has 0 aliphatic heterocycles. The van der Waals surface area contributed by atoms with Crippen molar-refractivity contribution in [3.05, 3.63) is 29.6 Å². The number of aromatic nitrogens is 3. The molecule has 0 radical (unpaired) electrons. The lowest BCUT2D eigenvalue weighted by Crippen LogP contribution is -2.49. The number of rotatable bonds is 2. The highest BCUT2D eigenvalue weighted by atomic mass is 36.0. The van der Waals surface area contributed by atoms with Gasteiger partial charge in [0.1, 0.15) is 11.3 Å². The van der Waals surface area contributed by atoms with Gasteiger partial charge in [-0.05, 0) is 72.2 Å². The summed E-state index contributed by atoms with van der Waals surface area (Å²) >= 11 is 20.0. The first-order valence-corrected chi connectivity index (χ1v) is 13.2. The average Bonchev–Trinajstić information content (AvgIpc) is 3.07. The SMILES string of the molecule is COC(=O)C12CCC(c3ncc4c(Cl)nccn34)(CC1)CC2.O=P(Cl)(Cl)Cl. The molecule has 2 aromatic heterocycles. The second-order valence-corrected chi connectivity index (χ2v) is 14.0. The van der Waals surface area contributed by atoms with Gasteiger partial charge in [-0.2, -0.15) is 0 Å². The Balaban J connectivity index is 0.000000376. The minimum Gasteiger partial charge on any atom is -0.469 e. The zero-order chi connectivity index (χ0) is 19.9. The van der Waals surface area contributed by atoms with Crippen LogP contribution in [0.1, 0.15) is 44.3 Å². The van der Waals surface area contributed by atoms with E-state index in [-0.39, 0.29) is 16.8 Å². The van der Waals surface area contributed by atoms with Crippen molar-refractivity contribution in [3.63, 3.8) is 0 Å². The monoisotopic (exact) mass is 471 g/mol. The fourth-order valence-corrected chi connectivity index (χ4v) is 4.53. The van der Waals surface area contributed by atoms with Crippen molar-refractivity contribution in [2.45, 2.75) is 43.9 Å². The van der Waals surface area contributed by atoms with Crippen LogP contribution in [0.4, 0.5) is 0 Å². The Morgan fingerprint density at radius 1 is 1.15 bits per heavy atom. The number of nitrogens with zero attached hydrogens (tertiary/aromatic N) is 3. The number of methoxy groups -OCH3 is 1. The predicted octanol–water partition coefficient (Wildman–Crippen LogP) is 5.96. The van der Waals surface area contributed by atoms with Crippen molar-refractivity contribution in [1.29, 1.82) is 0 Å². The van der Waals surface area contributed by atoms with Gasteiger partial charge in [0.25, 0.3) is 0 Å². The number of ether oxygens (including phenoxy) is 1. The van der Waals surface area contributed by atoms with Crippen molar-refractivity contribution < 1.29 is 14.1 Å². The van der Waals surface area contributed by atoms with Gasteiger partial charge in [-0.15, -0.1) is 0 Å². The highest BCUT2D eigenvalue weighted by molar-refractivity contribution is 8.24. The van der Waals surface area contributed by atoms with Crippen molar-refractivity contribution in [2.24, 2.45) is 5.41 Å². The van der Waals surface area contributed by atoms with Crippen LogP contribution in [0.3, 0.4) is 0 Å². The van der Waals surface area contributed by atoms with Gasteiger partial charge in [0.05, 0.1) is 18.7 Å². The number of esters is 1. The minimum absolute atomic E-state index is 0.0407. The van der Waals surface area contributed by atoms with Gasteiger partial charge >= 0.3 is 11.2 Å². The molecule has 0 aromatic carbocycles. The molecule has 0 atom stereocenters. The van der Waals surface area contributed by atoms with E-state index < -0.39 is 5.20 Å². The van der Waals surface area contributed by atoms with Crippen molar-refractivity contribution in [1.82, 2.24) is 14.4 Å².